The molecule has 2 N–H and O–H groups in total. The van der Waals surface area contributed by atoms with E-state index in [2.05, 4.69) is 62.3 Å². The minimum atomic E-state index is 0. The summed E-state index contributed by atoms with van der Waals surface area (Å²) in [6.07, 6.45) is 2.25. The molecule has 0 spiro atoms. The van der Waals surface area contributed by atoms with Crippen molar-refractivity contribution in [2.45, 2.75) is 39.0 Å². The second-order valence-electron chi connectivity index (χ2n) is 6.69. The van der Waals surface area contributed by atoms with Crippen LogP contribution in [-0.2, 0) is 17.9 Å². The highest BCUT2D eigenvalue weighted by Gasteiger charge is 2.20. The molecule has 0 aliphatic carbocycles. The molecule has 0 saturated carbocycles. The first-order valence-electron chi connectivity index (χ1n) is 9.70. The van der Waals surface area contributed by atoms with Crippen molar-refractivity contribution in [1.29, 1.82) is 0 Å². The number of nitrogens with zero attached hydrogens (tertiary/aromatic N) is 2. The minimum absolute atomic E-state index is 0. The Morgan fingerprint density at radius 1 is 1.18 bits per heavy atom. The molecule has 0 radical (unpaired) electrons. The van der Waals surface area contributed by atoms with Gasteiger partial charge in [-0.25, -0.2) is 0 Å². The molecule has 0 unspecified atom stereocenters. The van der Waals surface area contributed by atoms with Gasteiger partial charge in [-0.1, -0.05) is 24.3 Å². The van der Waals surface area contributed by atoms with Crippen LogP contribution in [-0.4, -0.2) is 38.7 Å². The van der Waals surface area contributed by atoms with Gasteiger partial charge in [0.15, 0.2) is 5.96 Å². The standard InChI is InChI=1S/C21H30N4OS.HI/c1-3-26-16-18-8-5-4-7-17(18)15-23-21(22-2)24-19-10-12-25(13-11-19)20-9-6-14-27-20;/h4-9,14,19H,3,10-13,15-16H2,1-2H3,(H2,22,23,24);1H. The van der Waals surface area contributed by atoms with E-state index in [4.69, 9.17) is 4.74 Å². The van der Waals surface area contributed by atoms with Crippen LogP contribution in [0.5, 0.6) is 0 Å². The van der Waals surface area contributed by atoms with Crippen LogP contribution >= 0.6 is 35.3 Å². The molecule has 1 aliphatic heterocycles. The average Bonchev–Trinajstić information content (AvgIpc) is 3.25. The van der Waals surface area contributed by atoms with Gasteiger partial charge in [0.25, 0.3) is 0 Å². The maximum Gasteiger partial charge on any atom is 0.191 e. The third kappa shape index (κ3) is 6.63. The molecule has 0 atom stereocenters. The SMILES string of the molecule is CCOCc1ccccc1CNC(=NC)NC1CCN(c2cccs2)CC1.I. The lowest BCUT2D eigenvalue weighted by atomic mass is 10.1. The van der Waals surface area contributed by atoms with E-state index < -0.39 is 0 Å². The van der Waals surface area contributed by atoms with E-state index in [0.29, 0.717) is 12.6 Å². The summed E-state index contributed by atoms with van der Waals surface area (Å²) >= 11 is 1.82. The summed E-state index contributed by atoms with van der Waals surface area (Å²) in [5.41, 5.74) is 2.48. The summed E-state index contributed by atoms with van der Waals surface area (Å²) < 4.78 is 5.58. The number of thiophene rings is 1. The number of hydrogen-bond donors (Lipinski definition) is 2. The van der Waals surface area contributed by atoms with E-state index >= 15 is 0 Å². The number of halogens is 1. The molecule has 2 heterocycles. The van der Waals surface area contributed by atoms with Gasteiger partial charge in [0.05, 0.1) is 11.6 Å². The van der Waals surface area contributed by atoms with Gasteiger partial charge in [0, 0.05) is 39.3 Å². The quantitative estimate of drug-likeness (QED) is 0.330. The van der Waals surface area contributed by atoms with Gasteiger partial charge in [-0.05, 0) is 48.4 Å². The van der Waals surface area contributed by atoms with Gasteiger partial charge in [0.1, 0.15) is 0 Å². The third-order valence-electron chi connectivity index (χ3n) is 4.90. The molecule has 1 aromatic carbocycles. The first kappa shape index (κ1) is 23.0. The molecule has 154 valence electrons. The van der Waals surface area contributed by atoms with Crippen molar-refractivity contribution in [3.8, 4) is 0 Å². The van der Waals surface area contributed by atoms with Gasteiger partial charge in [-0.2, -0.15) is 0 Å². The van der Waals surface area contributed by atoms with Gasteiger partial charge in [-0.15, -0.1) is 35.3 Å². The zero-order valence-electron chi connectivity index (χ0n) is 16.7. The minimum Gasteiger partial charge on any atom is -0.377 e. The molecular formula is C21H31IN4OS. The summed E-state index contributed by atoms with van der Waals surface area (Å²) in [4.78, 5) is 6.88. The van der Waals surface area contributed by atoms with E-state index in [1.807, 2.05) is 25.3 Å². The van der Waals surface area contributed by atoms with Crippen LogP contribution < -0.4 is 15.5 Å². The van der Waals surface area contributed by atoms with Crippen molar-refractivity contribution in [2.24, 2.45) is 4.99 Å². The number of rotatable bonds is 7. The number of benzene rings is 1. The number of guanidine groups is 1. The molecule has 0 bridgehead atoms. The average molecular weight is 514 g/mol. The van der Waals surface area contributed by atoms with Crippen LogP contribution in [0.15, 0.2) is 46.8 Å². The number of piperidine rings is 1. The maximum atomic E-state index is 5.58. The van der Waals surface area contributed by atoms with Crippen LogP contribution in [0.2, 0.25) is 0 Å². The number of hydrogen-bond acceptors (Lipinski definition) is 4. The number of anilines is 1. The van der Waals surface area contributed by atoms with Crippen molar-refractivity contribution < 1.29 is 4.74 Å². The Kier molecular flexibility index (Phi) is 10.1. The molecule has 5 nitrogen and oxygen atoms in total. The molecule has 0 amide bonds. The van der Waals surface area contributed by atoms with Crippen LogP contribution in [0, 0.1) is 0 Å². The van der Waals surface area contributed by atoms with Crippen LogP contribution in [0.4, 0.5) is 5.00 Å². The Bertz CT molecular complexity index is 715. The third-order valence-corrected chi connectivity index (χ3v) is 5.83. The summed E-state index contributed by atoms with van der Waals surface area (Å²) in [7, 11) is 1.84. The van der Waals surface area contributed by atoms with Crippen LogP contribution in [0.1, 0.15) is 30.9 Å². The summed E-state index contributed by atoms with van der Waals surface area (Å²) in [5, 5.41) is 10.6. The number of ether oxygens (including phenoxy) is 1. The first-order chi connectivity index (χ1) is 13.3. The molecule has 1 aliphatic rings. The Balaban J connectivity index is 0.00000280. The van der Waals surface area contributed by atoms with Gasteiger partial charge < -0.3 is 20.3 Å². The molecule has 3 rings (SSSR count). The van der Waals surface area contributed by atoms with Crippen molar-refractivity contribution in [3.05, 3.63) is 52.9 Å². The Hall–Kier alpha value is -1.32. The lowest BCUT2D eigenvalue weighted by Gasteiger charge is -2.33. The van der Waals surface area contributed by atoms with E-state index in [1.54, 1.807) is 0 Å². The molecule has 2 aromatic rings. The molecule has 1 saturated heterocycles. The predicted octanol–water partition coefficient (Wildman–Crippen LogP) is 4.24. The normalized spacial score (nSPS) is 15.2. The predicted molar refractivity (Wildman–Crippen MR) is 130 cm³/mol. The zero-order chi connectivity index (χ0) is 18.9. The summed E-state index contributed by atoms with van der Waals surface area (Å²) in [6.45, 7) is 6.34. The van der Waals surface area contributed by atoms with Gasteiger partial charge in [-0.3, -0.25) is 4.99 Å². The van der Waals surface area contributed by atoms with Crippen molar-refractivity contribution in [1.82, 2.24) is 10.6 Å². The first-order valence-corrected chi connectivity index (χ1v) is 10.6. The van der Waals surface area contributed by atoms with Crippen molar-refractivity contribution >= 4 is 46.3 Å². The highest BCUT2D eigenvalue weighted by atomic mass is 127. The molecule has 28 heavy (non-hydrogen) atoms. The summed E-state index contributed by atoms with van der Waals surface area (Å²) in [5.74, 6) is 0.871. The molecule has 1 fully saturated rings. The Morgan fingerprint density at radius 3 is 2.57 bits per heavy atom. The monoisotopic (exact) mass is 514 g/mol. The van der Waals surface area contributed by atoms with Gasteiger partial charge in [0.2, 0.25) is 0 Å². The van der Waals surface area contributed by atoms with E-state index in [1.165, 1.54) is 16.1 Å². The van der Waals surface area contributed by atoms with E-state index in [9.17, 15) is 0 Å². The zero-order valence-corrected chi connectivity index (χ0v) is 19.8. The van der Waals surface area contributed by atoms with E-state index in [0.717, 1.165) is 45.0 Å². The largest absolute Gasteiger partial charge is 0.377 e. The Labute approximate surface area is 189 Å². The van der Waals surface area contributed by atoms with E-state index in [-0.39, 0.29) is 24.0 Å². The van der Waals surface area contributed by atoms with Crippen molar-refractivity contribution in [2.75, 3.05) is 31.6 Å². The second-order valence-corrected chi connectivity index (χ2v) is 7.61. The van der Waals surface area contributed by atoms with Crippen molar-refractivity contribution in [3.63, 3.8) is 0 Å². The number of nitrogens with one attached hydrogen (secondary N) is 2. The van der Waals surface area contributed by atoms with Crippen LogP contribution in [0.25, 0.3) is 0 Å². The fourth-order valence-electron chi connectivity index (χ4n) is 3.34. The summed E-state index contributed by atoms with van der Waals surface area (Å²) in [6, 6.07) is 13.2. The van der Waals surface area contributed by atoms with Crippen LogP contribution in [0.3, 0.4) is 0 Å². The highest BCUT2D eigenvalue weighted by molar-refractivity contribution is 14.0. The fraction of sp³-hybridized carbons (Fsp3) is 0.476. The van der Waals surface area contributed by atoms with Gasteiger partial charge >= 0.3 is 0 Å². The molecular weight excluding hydrogens is 483 g/mol. The second kappa shape index (κ2) is 12.3. The maximum absolute atomic E-state index is 5.58. The fourth-order valence-corrected chi connectivity index (χ4v) is 4.13. The Morgan fingerprint density at radius 2 is 1.93 bits per heavy atom. The smallest absolute Gasteiger partial charge is 0.191 e. The topological polar surface area (TPSA) is 48.9 Å². The molecule has 1 aromatic heterocycles. The lowest BCUT2D eigenvalue weighted by Crippen LogP contribution is -2.48. The molecule has 7 heteroatoms. The lowest BCUT2D eigenvalue weighted by molar-refractivity contribution is 0.133. The number of aliphatic imine (C=N–C) groups is 1. The highest BCUT2D eigenvalue weighted by Crippen LogP contribution is 2.24.